The number of nitrogens with zero attached hydrogens (tertiary/aromatic N) is 1. The van der Waals surface area contributed by atoms with Gasteiger partial charge in [-0.05, 0) is 44.0 Å². The van der Waals surface area contributed by atoms with Crippen molar-refractivity contribution in [2.75, 3.05) is 7.05 Å². The van der Waals surface area contributed by atoms with E-state index in [-0.39, 0.29) is 29.1 Å². The van der Waals surface area contributed by atoms with Crippen LogP contribution in [0.25, 0.3) is 0 Å². The first kappa shape index (κ1) is 14.3. The van der Waals surface area contributed by atoms with Gasteiger partial charge in [0.25, 0.3) is 0 Å². The van der Waals surface area contributed by atoms with Crippen LogP contribution in [-0.4, -0.2) is 35.2 Å². The van der Waals surface area contributed by atoms with Crippen LogP contribution >= 0.6 is 11.8 Å². The van der Waals surface area contributed by atoms with E-state index in [1.54, 1.807) is 17.0 Å². The van der Waals surface area contributed by atoms with Crippen molar-refractivity contribution in [1.82, 2.24) is 4.90 Å². The molecule has 0 saturated heterocycles. The second-order valence-corrected chi connectivity index (χ2v) is 6.46. The summed E-state index contributed by atoms with van der Waals surface area (Å²) >= 11 is 1.45. The summed E-state index contributed by atoms with van der Waals surface area (Å²) in [6.45, 7) is 1.88. The van der Waals surface area contributed by atoms with Crippen LogP contribution in [0, 0.1) is 5.82 Å². The minimum Gasteiger partial charge on any atom is -0.342 e. The molecule has 0 bridgehead atoms. The lowest BCUT2D eigenvalue weighted by Gasteiger charge is -2.40. The monoisotopic (exact) mass is 282 g/mol. The van der Waals surface area contributed by atoms with E-state index < -0.39 is 0 Å². The lowest BCUT2D eigenvalue weighted by Crippen LogP contribution is -2.52. The molecule has 1 fully saturated rings. The molecule has 2 rings (SSSR count). The number of carbonyl (C=O) groups excluding carboxylic acids is 1. The minimum absolute atomic E-state index is 0.103. The van der Waals surface area contributed by atoms with Gasteiger partial charge in [0.05, 0.1) is 5.25 Å². The molecule has 1 aromatic carbocycles. The van der Waals surface area contributed by atoms with Crippen LogP contribution in [0.2, 0.25) is 0 Å². The van der Waals surface area contributed by atoms with Crippen LogP contribution in [0.15, 0.2) is 29.2 Å². The van der Waals surface area contributed by atoms with Gasteiger partial charge in [-0.1, -0.05) is 0 Å². The first-order chi connectivity index (χ1) is 8.97. The van der Waals surface area contributed by atoms with E-state index in [1.807, 2.05) is 14.0 Å². The maximum atomic E-state index is 12.8. The van der Waals surface area contributed by atoms with E-state index in [1.165, 1.54) is 23.9 Å². The Morgan fingerprint density at radius 3 is 2.53 bits per heavy atom. The van der Waals surface area contributed by atoms with Crippen LogP contribution in [0.4, 0.5) is 4.39 Å². The van der Waals surface area contributed by atoms with Gasteiger partial charge in [-0.2, -0.15) is 0 Å². The predicted molar refractivity (Wildman–Crippen MR) is 75.5 cm³/mol. The van der Waals surface area contributed by atoms with Crippen molar-refractivity contribution in [3.8, 4) is 0 Å². The van der Waals surface area contributed by atoms with Crippen molar-refractivity contribution in [2.45, 2.75) is 42.0 Å². The van der Waals surface area contributed by atoms with Crippen LogP contribution < -0.4 is 5.73 Å². The summed E-state index contributed by atoms with van der Waals surface area (Å²) in [5.74, 6) is -0.157. The van der Waals surface area contributed by atoms with Gasteiger partial charge in [0, 0.05) is 24.0 Å². The lowest BCUT2D eigenvalue weighted by molar-refractivity contribution is -0.132. The molecule has 3 nitrogen and oxygen atoms in total. The molecule has 1 unspecified atom stereocenters. The van der Waals surface area contributed by atoms with E-state index >= 15 is 0 Å². The highest BCUT2D eigenvalue weighted by atomic mass is 32.2. The number of benzene rings is 1. The van der Waals surface area contributed by atoms with Crippen molar-refractivity contribution in [1.29, 1.82) is 0 Å². The molecule has 19 heavy (non-hydrogen) atoms. The van der Waals surface area contributed by atoms with Crippen molar-refractivity contribution < 1.29 is 9.18 Å². The maximum absolute atomic E-state index is 12.8. The zero-order chi connectivity index (χ0) is 14.0. The Hall–Kier alpha value is -1.07. The minimum atomic E-state index is -0.260. The second-order valence-electron chi connectivity index (χ2n) is 5.05. The number of amides is 1. The number of halogens is 1. The third-order valence-corrected chi connectivity index (χ3v) is 4.62. The van der Waals surface area contributed by atoms with Gasteiger partial charge >= 0.3 is 0 Å². The van der Waals surface area contributed by atoms with Gasteiger partial charge < -0.3 is 10.6 Å². The average Bonchev–Trinajstić information content (AvgIpc) is 2.36. The summed E-state index contributed by atoms with van der Waals surface area (Å²) < 4.78 is 12.8. The average molecular weight is 282 g/mol. The second kappa shape index (κ2) is 5.92. The molecule has 0 aromatic heterocycles. The highest BCUT2D eigenvalue weighted by Gasteiger charge is 2.33. The van der Waals surface area contributed by atoms with Crippen molar-refractivity contribution in [3.05, 3.63) is 30.1 Å². The molecule has 1 atom stereocenters. The molecule has 0 spiro atoms. The van der Waals surface area contributed by atoms with Gasteiger partial charge in [-0.15, -0.1) is 11.8 Å². The van der Waals surface area contributed by atoms with Crippen LogP contribution in [0.1, 0.15) is 19.8 Å². The molecule has 104 valence electrons. The summed E-state index contributed by atoms with van der Waals surface area (Å²) in [7, 11) is 1.83. The molecule has 1 amide bonds. The van der Waals surface area contributed by atoms with Gasteiger partial charge in [-0.25, -0.2) is 4.39 Å². The van der Waals surface area contributed by atoms with Crippen molar-refractivity contribution in [3.63, 3.8) is 0 Å². The molecule has 5 heteroatoms. The molecule has 1 aliphatic rings. The largest absolute Gasteiger partial charge is 0.342 e. The highest BCUT2D eigenvalue weighted by Crippen LogP contribution is 2.28. The molecule has 1 saturated carbocycles. The van der Waals surface area contributed by atoms with E-state index in [2.05, 4.69) is 0 Å². The quantitative estimate of drug-likeness (QED) is 0.862. The van der Waals surface area contributed by atoms with Crippen LogP contribution in [-0.2, 0) is 4.79 Å². The normalized spacial score (nSPS) is 23.6. The molecule has 0 aliphatic heterocycles. The first-order valence-corrected chi connectivity index (χ1v) is 7.30. The highest BCUT2D eigenvalue weighted by molar-refractivity contribution is 8.00. The van der Waals surface area contributed by atoms with E-state index in [9.17, 15) is 9.18 Å². The predicted octanol–water partition coefficient (Wildman–Crippen LogP) is 2.25. The molecule has 1 aromatic rings. The number of hydrogen-bond donors (Lipinski definition) is 1. The number of thioether (sulfide) groups is 1. The number of rotatable bonds is 4. The first-order valence-electron chi connectivity index (χ1n) is 6.42. The Kier molecular flexibility index (Phi) is 4.47. The van der Waals surface area contributed by atoms with Gasteiger partial charge in [0.2, 0.25) is 5.91 Å². The zero-order valence-corrected chi connectivity index (χ0v) is 12.0. The van der Waals surface area contributed by atoms with Gasteiger partial charge in [0.15, 0.2) is 0 Å². The molecular weight excluding hydrogens is 263 g/mol. The summed E-state index contributed by atoms with van der Waals surface area (Å²) in [6, 6.07) is 6.73. The zero-order valence-electron chi connectivity index (χ0n) is 11.2. The summed E-state index contributed by atoms with van der Waals surface area (Å²) in [5, 5.41) is -0.174. The van der Waals surface area contributed by atoms with E-state index in [4.69, 9.17) is 5.73 Å². The Morgan fingerprint density at radius 1 is 1.42 bits per heavy atom. The Bertz CT molecular complexity index is 445. The number of carbonyl (C=O) groups is 1. The lowest BCUT2D eigenvalue weighted by atomic mass is 9.86. The van der Waals surface area contributed by atoms with Gasteiger partial charge in [-0.3, -0.25) is 4.79 Å². The smallest absolute Gasteiger partial charge is 0.235 e. The Balaban J connectivity index is 1.90. The maximum Gasteiger partial charge on any atom is 0.235 e. The molecular formula is C14H19FN2OS. The molecule has 0 radical (unpaired) electrons. The number of nitrogens with two attached hydrogens (primary N) is 1. The topological polar surface area (TPSA) is 46.3 Å². The Labute approximate surface area is 117 Å². The molecule has 0 heterocycles. The van der Waals surface area contributed by atoms with Crippen molar-refractivity contribution >= 4 is 17.7 Å². The van der Waals surface area contributed by atoms with Crippen molar-refractivity contribution in [2.24, 2.45) is 5.73 Å². The fraction of sp³-hybridized carbons (Fsp3) is 0.500. The summed E-state index contributed by atoms with van der Waals surface area (Å²) in [4.78, 5) is 14.9. The fourth-order valence-corrected chi connectivity index (χ4v) is 3.15. The standard InChI is InChI=1S/C14H19FN2OS/c1-9(19-13-5-3-10(15)4-6-13)14(18)17(2)12-7-11(16)8-12/h3-6,9,11-12H,7-8,16H2,1-2H3. The van der Waals surface area contributed by atoms with Gasteiger partial charge in [0.1, 0.15) is 5.82 Å². The van der Waals surface area contributed by atoms with E-state index in [0.29, 0.717) is 0 Å². The van der Waals surface area contributed by atoms with Crippen LogP contribution in [0.3, 0.4) is 0 Å². The fourth-order valence-electron chi connectivity index (χ4n) is 2.18. The van der Waals surface area contributed by atoms with Crippen LogP contribution in [0.5, 0.6) is 0 Å². The molecule has 2 N–H and O–H groups in total. The Morgan fingerprint density at radius 2 is 2.00 bits per heavy atom. The molecule has 1 aliphatic carbocycles. The number of hydrogen-bond acceptors (Lipinski definition) is 3. The SMILES string of the molecule is CC(Sc1ccc(F)cc1)C(=O)N(C)C1CC(N)C1. The summed E-state index contributed by atoms with van der Waals surface area (Å²) in [5.41, 5.74) is 5.74. The third kappa shape index (κ3) is 3.48. The summed E-state index contributed by atoms with van der Waals surface area (Å²) in [6.07, 6.45) is 1.77. The van der Waals surface area contributed by atoms with E-state index in [0.717, 1.165) is 17.7 Å². The third-order valence-electron chi connectivity index (χ3n) is 3.52.